The first-order valence-electron chi connectivity index (χ1n) is 5.59. The van der Waals surface area contributed by atoms with Gasteiger partial charge in [0.25, 0.3) is 0 Å². The van der Waals surface area contributed by atoms with Crippen molar-refractivity contribution in [2.75, 3.05) is 26.4 Å². The molecule has 0 aliphatic heterocycles. The van der Waals surface area contributed by atoms with Crippen LogP contribution in [0.1, 0.15) is 26.7 Å². The third-order valence-corrected chi connectivity index (χ3v) is 1.71. The topological polar surface area (TPSA) is 82.1 Å². The number of ether oxygens (including phenoxy) is 3. The molecule has 0 rings (SSSR count). The predicted octanol–water partition coefficient (Wildman–Crippen LogP) is 0.836. The fourth-order valence-electron chi connectivity index (χ4n) is 0.940. The summed E-state index contributed by atoms with van der Waals surface area (Å²) in [6, 6.07) is 0. The lowest BCUT2D eigenvalue weighted by Gasteiger charge is -2.08. The second kappa shape index (κ2) is 10.0. The van der Waals surface area contributed by atoms with E-state index in [0.29, 0.717) is 19.8 Å². The SMILES string of the molecule is CC(C)OCCOCCOC(=O)CCC(=O)O. The second-order valence-electron chi connectivity index (χ2n) is 3.65. The summed E-state index contributed by atoms with van der Waals surface area (Å²) in [5, 5.41) is 8.33. The van der Waals surface area contributed by atoms with E-state index < -0.39 is 11.9 Å². The Morgan fingerprint density at radius 3 is 2.29 bits per heavy atom. The van der Waals surface area contributed by atoms with Crippen molar-refractivity contribution in [2.24, 2.45) is 0 Å². The Morgan fingerprint density at radius 1 is 1.06 bits per heavy atom. The summed E-state index contributed by atoms with van der Waals surface area (Å²) >= 11 is 0. The van der Waals surface area contributed by atoms with Crippen molar-refractivity contribution in [1.82, 2.24) is 0 Å². The highest BCUT2D eigenvalue weighted by Crippen LogP contribution is 1.93. The van der Waals surface area contributed by atoms with Crippen LogP contribution in [0.15, 0.2) is 0 Å². The van der Waals surface area contributed by atoms with Gasteiger partial charge in [-0.15, -0.1) is 0 Å². The van der Waals surface area contributed by atoms with Gasteiger partial charge in [0, 0.05) is 0 Å². The fourth-order valence-corrected chi connectivity index (χ4v) is 0.940. The summed E-state index contributed by atoms with van der Waals surface area (Å²) in [7, 11) is 0. The summed E-state index contributed by atoms with van der Waals surface area (Å²) in [5.74, 6) is -1.53. The zero-order valence-electron chi connectivity index (χ0n) is 10.3. The lowest BCUT2D eigenvalue weighted by molar-refractivity contribution is -0.149. The smallest absolute Gasteiger partial charge is 0.306 e. The van der Waals surface area contributed by atoms with Gasteiger partial charge in [-0.05, 0) is 13.8 Å². The van der Waals surface area contributed by atoms with Crippen LogP contribution < -0.4 is 0 Å². The molecule has 0 saturated carbocycles. The van der Waals surface area contributed by atoms with E-state index in [1.807, 2.05) is 13.8 Å². The van der Waals surface area contributed by atoms with Crippen LogP contribution in [0.3, 0.4) is 0 Å². The molecule has 0 amide bonds. The van der Waals surface area contributed by atoms with Crippen molar-refractivity contribution < 1.29 is 28.9 Å². The summed E-state index contributed by atoms with van der Waals surface area (Å²) in [6.07, 6.45) is -0.138. The predicted molar refractivity (Wildman–Crippen MR) is 59.7 cm³/mol. The van der Waals surface area contributed by atoms with Crippen molar-refractivity contribution in [3.05, 3.63) is 0 Å². The molecule has 0 aliphatic rings. The molecule has 0 saturated heterocycles. The van der Waals surface area contributed by atoms with Crippen LogP contribution in [0.5, 0.6) is 0 Å². The van der Waals surface area contributed by atoms with Gasteiger partial charge in [0.05, 0.1) is 38.8 Å². The maximum atomic E-state index is 11.0. The monoisotopic (exact) mass is 248 g/mol. The molecule has 0 bridgehead atoms. The summed E-state index contributed by atoms with van der Waals surface area (Å²) in [5.41, 5.74) is 0. The lowest BCUT2D eigenvalue weighted by Crippen LogP contribution is -2.14. The maximum absolute atomic E-state index is 11.0. The largest absolute Gasteiger partial charge is 0.481 e. The number of hydrogen-bond acceptors (Lipinski definition) is 5. The molecule has 6 heteroatoms. The lowest BCUT2D eigenvalue weighted by atomic mass is 10.3. The van der Waals surface area contributed by atoms with Crippen LogP contribution in [-0.4, -0.2) is 49.6 Å². The fraction of sp³-hybridized carbons (Fsp3) is 0.818. The van der Waals surface area contributed by atoms with E-state index in [0.717, 1.165) is 0 Å². The summed E-state index contributed by atoms with van der Waals surface area (Å²) in [4.78, 5) is 21.1. The molecule has 6 nitrogen and oxygen atoms in total. The third kappa shape index (κ3) is 12.8. The van der Waals surface area contributed by atoms with Crippen LogP contribution in [0.4, 0.5) is 0 Å². The highest BCUT2D eigenvalue weighted by molar-refractivity contribution is 5.76. The van der Waals surface area contributed by atoms with Crippen molar-refractivity contribution in [3.8, 4) is 0 Å². The molecule has 0 aromatic heterocycles. The van der Waals surface area contributed by atoms with E-state index in [1.165, 1.54) is 0 Å². The van der Waals surface area contributed by atoms with Gasteiger partial charge in [0.1, 0.15) is 6.61 Å². The Kier molecular flexibility index (Phi) is 9.37. The second-order valence-corrected chi connectivity index (χ2v) is 3.65. The van der Waals surface area contributed by atoms with Crippen molar-refractivity contribution >= 4 is 11.9 Å². The maximum Gasteiger partial charge on any atom is 0.306 e. The molecular formula is C11H20O6. The van der Waals surface area contributed by atoms with Crippen LogP contribution in [0.2, 0.25) is 0 Å². The molecule has 0 fully saturated rings. The van der Waals surface area contributed by atoms with Gasteiger partial charge in [0.15, 0.2) is 0 Å². The minimum Gasteiger partial charge on any atom is -0.481 e. The molecule has 0 unspecified atom stereocenters. The highest BCUT2D eigenvalue weighted by Gasteiger charge is 2.05. The molecule has 100 valence electrons. The molecule has 0 radical (unpaired) electrons. The number of carbonyl (C=O) groups is 2. The normalized spacial score (nSPS) is 10.5. The Labute approximate surface area is 101 Å². The molecule has 1 N–H and O–H groups in total. The van der Waals surface area contributed by atoms with E-state index >= 15 is 0 Å². The van der Waals surface area contributed by atoms with Gasteiger partial charge >= 0.3 is 11.9 Å². The molecule has 0 atom stereocenters. The number of rotatable bonds is 10. The first-order valence-corrected chi connectivity index (χ1v) is 5.59. The zero-order valence-corrected chi connectivity index (χ0v) is 10.3. The third-order valence-electron chi connectivity index (χ3n) is 1.71. The van der Waals surface area contributed by atoms with Crippen molar-refractivity contribution in [1.29, 1.82) is 0 Å². The molecule has 0 heterocycles. The molecule has 0 aromatic carbocycles. The quantitative estimate of drug-likeness (QED) is 0.455. The minimum absolute atomic E-state index is 0.105. The van der Waals surface area contributed by atoms with E-state index in [2.05, 4.69) is 0 Å². The van der Waals surface area contributed by atoms with Crippen LogP contribution >= 0.6 is 0 Å². The average molecular weight is 248 g/mol. The van der Waals surface area contributed by atoms with E-state index in [1.54, 1.807) is 0 Å². The number of carboxylic acid groups (broad SMARTS) is 1. The number of carboxylic acids is 1. The summed E-state index contributed by atoms with van der Waals surface area (Å²) in [6.45, 7) is 5.25. The first kappa shape index (κ1) is 15.9. The standard InChI is InChI=1S/C11H20O6/c1-9(2)16-7-5-15-6-8-17-11(14)4-3-10(12)13/h9H,3-8H2,1-2H3,(H,12,13). The Morgan fingerprint density at radius 2 is 1.71 bits per heavy atom. The Balaban J connectivity index is 3.22. The Hall–Kier alpha value is -1.14. The number of esters is 1. The molecular weight excluding hydrogens is 228 g/mol. The zero-order chi connectivity index (χ0) is 13.1. The van der Waals surface area contributed by atoms with E-state index in [4.69, 9.17) is 19.3 Å². The summed E-state index contributed by atoms with van der Waals surface area (Å²) < 4.78 is 15.1. The number of hydrogen-bond donors (Lipinski definition) is 1. The van der Waals surface area contributed by atoms with Gasteiger partial charge in [-0.3, -0.25) is 9.59 Å². The van der Waals surface area contributed by atoms with Crippen LogP contribution in [0.25, 0.3) is 0 Å². The van der Waals surface area contributed by atoms with Gasteiger partial charge in [-0.2, -0.15) is 0 Å². The van der Waals surface area contributed by atoms with Gasteiger partial charge in [-0.25, -0.2) is 0 Å². The minimum atomic E-state index is -1.01. The average Bonchev–Trinajstić information content (AvgIpc) is 2.24. The highest BCUT2D eigenvalue weighted by atomic mass is 16.6. The van der Waals surface area contributed by atoms with E-state index in [-0.39, 0.29) is 25.6 Å². The van der Waals surface area contributed by atoms with Crippen LogP contribution in [0, 0.1) is 0 Å². The molecule has 17 heavy (non-hydrogen) atoms. The molecule has 0 spiro atoms. The van der Waals surface area contributed by atoms with Crippen LogP contribution in [-0.2, 0) is 23.8 Å². The first-order chi connectivity index (χ1) is 8.02. The van der Waals surface area contributed by atoms with Gasteiger partial charge < -0.3 is 19.3 Å². The molecule has 0 aromatic rings. The number of aliphatic carboxylic acids is 1. The van der Waals surface area contributed by atoms with E-state index in [9.17, 15) is 9.59 Å². The molecule has 0 aliphatic carbocycles. The van der Waals surface area contributed by atoms with Crippen molar-refractivity contribution in [3.63, 3.8) is 0 Å². The van der Waals surface area contributed by atoms with Gasteiger partial charge in [0.2, 0.25) is 0 Å². The Bertz CT molecular complexity index is 226. The van der Waals surface area contributed by atoms with Gasteiger partial charge in [-0.1, -0.05) is 0 Å². The number of carbonyl (C=O) groups excluding carboxylic acids is 1. The van der Waals surface area contributed by atoms with Crippen molar-refractivity contribution in [2.45, 2.75) is 32.8 Å².